The van der Waals surface area contributed by atoms with Gasteiger partial charge in [-0.25, -0.2) is 4.79 Å². The molecule has 1 aliphatic heterocycles. The molecular weight excluding hydrogens is 358 g/mol. The molecule has 1 amide bonds. The van der Waals surface area contributed by atoms with E-state index in [4.69, 9.17) is 10.8 Å². The van der Waals surface area contributed by atoms with Crippen LogP contribution in [0.2, 0.25) is 0 Å². The molecule has 4 rings (SSSR count). The topological polar surface area (TPSA) is 125 Å². The number of hydrogen-bond donors (Lipinski definition) is 3. The number of benzene rings is 1. The molecule has 142 valence electrons. The van der Waals surface area contributed by atoms with Gasteiger partial charge < -0.3 is 15.7 Å². The standard InChI is InChI=1S/C20H19N5O3/c21-8-14(12-4-2-1-3-5-12)19(26)25-10-15-17(11-25)23-24-18(15)16-7-6-13(9-22-16)20(27)28/h1-7,9,14H,8,10-11,21H2,(H,23,24)(H,27,28). The van der Waals surface area contributed by atoms with E-state index in [0.717, 1.165) is 16.8 Å². The summed E-state index contributed by atoms with van der Waals surface area (Å²) in [7, 11) is 0. The van der Waals surface area contributed by atoms with Crippen LogP contribution in [0.3, 0.4) is 0 Å². The van der Waals surface area contributed by atoms with Gasteiger partial charge in [0.15, 0.2) is 0 Å². The maximum absolute atomic E-state index is 13.0. The Labute approximate surface area is 161 Å². The van der Waals surface area contributed by atoms with Crippen molar-refractivity contribution < 1.29 is 14.7 Å². The van der Waals surface area contributed by atoms with Crippen LogP contribution in [-0.2, 0) is 17.9 Å². The Bertz CT molecular complexity index is 1010. The number of amides is 1. The molecule has 1 aromatic carbocycles. The highest BCUT2D eigenvalue weighted by atomic mass is 16.4. The van der Waals surface area contributed by atoms with Gasteiger partial charge in [0.05, 0.1) is 36.0 Å². The number of carbonyl (C=O) groups is 2. The predicted molar refractivity (Wildman–Crippen MR) is 101 cm³/mol. The second-order valence-corrected chi connectivity index (χ2v) is 6.66. The van der Waals surface area contributed by atoms with E-state index in [0.29, 0.717) is 24.5 Å². The van der Waals surface area contributed by atoms with E-state index in [9.17, 15) is 9.59 Å². The van der Waals surface area contributed by atoms with Gasteiger partial charge in [-0.3, -0.25) is 14.9 Å². The van der Waals surface area contributed by atoms with E-state index in [-0.39, 0.29) is 18.0 Å². The second kappa shape index (κ2) is 7.24. The van der Waals surface area contributed by atoms with Crippen LogP contribution in [0.4, 0.5) is 0 Å². The molecule has 3 aromatic rings. The molecule has 0 bridgehead atoms. The molecule has 0 saturated heterocycles. The van der Waals surface area contributed by atoms with Crippen molar-refractivity contribution in [2.75, 3.05) is 6.54 Å². The van der Waals surface area contributed by atoms with E-state index >= 15 is 0 Å². The molecule has 28 heavy (non-hydrogen) atoms. The SMILES string of the molecule is NCC(C(=O)N1Cc2[nH]nc(-c3ccc(C(=O)O)cn3)c2C1)c1ccccc1. The Morgan fingerprint density at radius 3 is 2.61 bits per heavy atom. The number of H-pyrrole nitrogens is 1. The minimum absolute atomic E-state index is 0.0292. The zero-order valence-corrected chi connectivity index (χ0v) is 15.0. The van der Waals surface area contributed by atoms with Gasteiger partial charge in [0.2, 0.25) is 5.91 Å². The number of aromatic nitrogens is 3. The number of carbonyl (C=O) groups excluding carboxylic acids is 1. The zero-order chi connectivity index (χ0) is 19.7. The lowest BCUT2D eigenvalue weighted by Gasteiger charge is -2.22. The molecule has 3 heterocycles. The molecule has 0 fully saturated rings. The van der Waals surface area contributed by atoms with Crippen LogP contribution in [0.5, 0.6) is 0 Å². The molecule has 8 nitrogen and oxygen atoms in total. The normalized spacial score (nSPS) is 14.0. The second-order valence-electron chi connectivity index (χ2n) is 6.66. The number of aromatic carboxylic acids is 1. The van der Waals surface area contributed by atoms with Crippen molar-refractivity contribution in [3.63, 3.8) is 0 Å². The van der Waals surface area contributed by atoms with E-state index in [2.05, 4.69) is 15.2 Å². The minimum atomic E-state index is -1.03. The van der Waals surface area contributed by atoms with Gasteiger partial charge in [0, 0.05) is 18.3 Å². The number of hydrogen-bond acceptors (Lipinski definition) is 5. The fraction of sp³-hybridized carbons (Fsp3) is 0.200. The van der Waals surface area contributed by atoms with Crippen LogP contribution < -0.4 is 5.73 Å². The Morgan fingerprint density at radius 2 is 1.96 bits per heavy atom. The van der Waals surface area contributed by atoms with Crippen molar-refractivity contribution in [2.24, 2.45) is 5.73 Å². The third-order valence-corrected chi connectivity index (χ3v) is 4.95. The number of nitrogens with zero attached hydrogens (tertiary/aromatic N) is 3. The average molecular weight is 377 g/mol. The number of nitrogens with two attached hydrogens (primary N) is 1. The molecule has 0 saturated carbocycles. The summed E-state index contributed by atoms with van der Waals surface area (Å²) in [5, 5.41) is 16.3. The van der Waals surface area contributed by atoms with Crippen LogP contribution in [-0.4, -0.2) is 43.6 Å². The van der Waals surface area contributed by atoms with Crippen LogP contribution in [0.25, 0.3) is 11.4 Å². The maximum Gasteiger partial charge on any atom is 0.337 e. The lowest BCUT2D eigenvalue weighted by atomic mass is 9.98. The van der Waals surface area contributed by atoms with Gasteiger partial charge in [-0.05, 0) is 17.7 Å². The monoisotopic (exact) mass is 377 g/mol. The number of pyridine rings is 1. The molecule has 1 atom stereocenters. The number of fused-ring (bicyclic) bond motifs is 1. The number of nitrogens with one attached hydrogen (secondary N) is 1. The largest absolute Gasteiger partial charge is 0.478 e. The Balaban J connectivity index is 1.56. The Morgan fingerprint density at radius 1 is 1.18 bits per heavy atom. The molecule has 1 unspecified atom stereocenters. The van der Waals surface area contributed by atoms with E-state index < -0.39 is 11.9 Å². The van der Waals surface area contributed by atoms with Gasteiger partial charge in [-0.2, -0.15) is 5.10 Å². The summed E-state index contributed by atoms with van der Waals surface area (Å²) in [5.41, 5.74) is 9.85. The first-order valence-corrected chi connectivity index (χ1v) is 8.88. The van der Waals surface area contributed by atoms with Gasteiger partial charge in [0.25, 0.3) is 0 Å². The first-order chi connectivity index (χ1) is 13.6. The lowest BCUT2D eigenvalue weighted by Crippen LogP contribution is -2.34. The van der Waals surface area contributed by atoms with E-state index in [1.54, 1.807) is 11.0 Å². The van der Waals surface area contributed by atoms with Crippen LogP contribution in [0.1, 0.15) is 33.1 Å². The summed E-state index contributed by atoms with van der Waals surface area (Å²) in [6, 6.07) is 12.6. The first-order valence-electron chi connectivity index (χ1n) is 8.88. The molecule has 8 heteroatoms. The maximum atomic E-state index is 13.0. The predicted octanol–water partition coefficient (Wildman–Crippen LogP) is 1.75. The molecule has 0 aliphatic carbocycles. The van der Waals surface area contributed by atoms with Crippen LogP contribution in [0, 0.1) is 0 Å². The van der Waals surface area contributed by atoms with Gasteiger partial charge >= 0.3 is 5.97 Å². The van der Waals surface area contributed by atoms with Crippen molar-refractivity contribution >= 4 is 11.9 Å². The molecule has 1 aliphatic rings. The van der Waals surface area contributed by atoms with Crippen LogP contribution >= 0.6 is 0 Å². The Hall–Kier alpha value is -3.52. The highest BCUT2D eigenvalue weighted by Crippen LogP contribution is 2.31. The smallest absolute Gasteiger partial charge is 0.337 e. The summed E-state index contributed by atoms with van der Waals surface area (Å²) in [6.45, 7) is 1.07. The first kappa shape index (κ1) is 17.9. The third kappa shape index (κ3) is 3.14. The minimum Gasteiger partial charge on any atom is -0.478 e. The van der Waals surface area contributed by atoms with Crippen molar-refractivity contribution in [3.05, 3.63) is 71.0 Å². The van der Waals surface area contributed by atoms with Crippen molar-refractivity contribution in [2.45, 2.75) is 19.0 Å². The highest BCUT2D eigenvalue weighted by Gasteiger charge is 2.32. The van der Waals surface area contributed by atoms with Gasteiger partial charge in [-0.1, -0.05) is 30.3 Å². The zero-order valence-electron chi connectivity index (χ0n) is 15.0. The lowest BCUT2D eigenvalue weighted by molar-refractivity contribution is -0.133. The summed E-state index contributed by atoms with van der Waals surface area (Å²) in [4.78, 5) is 30.0. The van der Waals surface area contributed by atoms with Crippen LogP contribution in [0.15, 0.2) is 48.7 Å². The third-order valence-electron chi connectivity index (χ3n) is 4.95. The number of carboxylic acid groups (broad SMARTS) is 1. The van der Waals surface area contributed by atoms with E-state index in [1.807, 2.05) is 30.3 Å². The summed E-state index contributed by atoms with van der Waals surface area (Å²) >= 11 is 0. The Kier molecular flexibility index (Phi) is 4.62. The molecule has 0 radical (unpaired) electrons. The van der Waals surface area contributed by atoms with Crippen molar-refractivity contribution in [1.82, 2.24) is 20.1 Å². The average Bonchev–Trinajstić information content (AvgIpc) is 3.30. The summed E-state index contributed by atoms with van der Waals surface area (Å²) < 4.78 is 0. The fourth-order valence-corrected chi connectivity index (χ4v) is 3.45. The number of rotatable bonds is 5. The number of carboxylic acids is 1. The summed E-state index contributed by atoms with van der Waals surface area (Å²) in [6.07, 6.45) is 1.30. The quantitative estimate of drug-likeness (QED) is 0.622. The molecule has 4 N–H and O–H groups in total. The summed E-state index contributed by atoms with van der Waals surface area (Å²) in [5.74, 6) is -1.45. The van der Waals surface area contributed by atoms with Gasteiger partial charge in [-0.15, -0.1) is 0 Å². The van der Waals surface area contributed by atoms with E-state index in [1.165, 1.54) is 12.3 Å². The van der Waals surface area contributed by atoms with Crippen molar-refractivity contribution in [1.29, 1.82) is 0 Å². The molecule has 0 spiro atoms. The molecular formula is C20H19N5O3. The molecule has 2 aromatic heterocycles. The van der Waals surface area contributed by atoms with Crippen molar-refractivity contribution in [3.8, 4) is 11.4 Å². The highest BCUT2D eigenvalue weighted by molar-refractivity contribution is 5.87. The van der Waals surface area contributed by atoms with Gasteiger partial charge in [0.1, 0.15) is 5.69 Å². The number of aromatic amines is 1. The fourth-order valence-electron chi connectivity index (χ4n) is 3.45.